The number of nitrogens with zero attached hydrogens (tertiary/aromatic N) is 1. The number of thiazole rings is 1. The summed E-state index contributed by atoms with van der Waals surface area (Å²) in [6, 6.07) is 0.553. The Labute approximate surface area is 114 Å². The number of rotatable bonds is 7. The third-order valence-corrected chi connectivity index (χ3v) is 4.59. The second kappa shape index (κ2) is 7.22. The third kappa shape index (κ3) is 4.34. The first-order valence-corrected chi connectivity index (χ1v) is 7.85. The highest BCUT2D eigenvalue weighted by Gasteiger charge is 2.16. The lowest BCUT2D eigenvalue weighted by atomic mass is 10.0. The van der Waals surface area contributed by atoms with Gasteiger partial charge in [0.15, 0.2) is 0 Å². The maximum Gasteiger partial charge on any atom is 0.0943 e. The molecular formula is C14H24N2OS. The van der Waals surface area contributed by atoms with Crippen LogP contribution >= 0.6 is 11.3 Å². The smallest absolute Gasteiger partial charge is 0.0943 e. The van der Waals surface area contributed by atoms with Crippen LogP contribution in [0.3, 0.4) is 0 Å². The molecule has 0 radical (unpaired) electrons. The molecule has 2 unspecified atom stereocenters. The molecule has 1 aromatic rings. The summed E-state index contributed by atoms with van der Waals surface area (Å²) >= 11 is 1.78. The molecule has 0 bridgehead atoms. The monoisotopic (exact) mass is 268 g/mol. The van der Waals surface area contributed by atoms with E-state index in [4.69, 9.17) is 4.74 Å². The molecule has 0 amide bonds. The maximum atomic E-state index is 5.66. The van der Waals surface area contributed by atoms with Crippen molar-refractivity contribution in [1.29, 1.82) is 0 Å². The number of nitrogens with one attached hydrogen (secondary N) is 1. The van der Waals surface area contributed by atoms with Gasteiger partial charge in [0, 0.05) is 30.1 Å². The molecule has 4 heteroatoms. The van der Waals surface area contributed by atoms with Gasteiger partial charge in [-0.25, -0.2) is 4.98 Å². The highest BCUT2D eigenvalue weighted by atomic mass is 32.1. The van der Waals surface area contributed by atoms with Crippen molar-refractivity contribution in [2.45, 2.75) is 57.6 Å². The van der Waals surface area contributed by atoms with Crippen LogP contribution in [0.2, 0.25) is 0 Å². The SMILES string of the molecule is CNC(CCCC1CCCO1)Cc1nc(C)cs1. The van der Waals surface area contributed by atoms with Crippen LogP contribution in [0.4, 0.5) is 0 Å². The van der Waals surface area contributed by atoms with Crippen molar-refractivity contribution in [2.75, 3.05) is 13.7 Å². The first kappa shape index (κ1) is 14.0. The summed E-state index contributed by atoms with van der Waals surface area (Å²) in [5, 5.41) is 6.80. The Morgan fingerprint density at radius 2 is 2.50 bits per heavy atom. The van der Waals surface area contributed by atoms with E-state index in [0.29, 0.717) is 12.1 Å². The van der Waals surface area contributed by atoms with E-state index in [9.17, 15) is 0 Å². The lowest BCUT2D eigenvalue weighted by Gasteiger charge is -2.16. The molecular weight excluding hydrogens is 244 g/mol. The minimum atomic E-state index is 0.532. The molecule has 3 nitrogen and oxygen atoms in total. The van der Waals surface area contributed by atoms with Crippen molar-refractivity contribution >= 4 is 11.3 Å². The zero-order valence-corrected chi connectivity index (χ0v) is 12.3. The van der Waals surface area contributed by atoms with Crippen LogP contribution in [0.15, 0.2) is 5.38 Å². The second-order valence-electron chi connectivity index (χ2n) is 5.14. The number of ether oxygens (including phenoxy) is 1. The summed E-state index contributed by atoms with van der Waals surface area (Å²) in [6.45, 7) is 3.03. The van der Waals surface area contributed by atoms with Gasteiger partial charge in [-0.3, -0.25) is 0 Å². The van der Waals surface area contributed by atoms with Crippen LogP contribution < -0.4 is 5.32 Å². The van der Waals surface area contributed by atoms with Crippen molar-refractivity contribution in [3.05, 3.63) is 16.1 Å². The fourth-order valence-electron chi connectivity index (χ4n) is 2.52. The molecule has 0 aromatic carbocycles. The topological polar surface area (TPSA) is 34.1 Å². The van der Waals surface area contributed by atoms with Gasteiger partial charge >= 0.3 is 0 Å². The molecule has 102 valence electrons. The summed E-state index contributed by atoms with van der Waals surface area (Å²) in [5.41, 5.74) is 1.14. The minimum absolute atomic E-state index is 0.532. The van der Waals surface area contributed by atoms with E-state index >= 15 is 0 Å². The van der Waals surface area contributed by atoms with E-state index < -0.39 is 0 Å². The summed E-state index contributed by atoms with van der Waals surface area (Å²) in [6.07, 6.45) is 7.78. The standard InChI is InChI=1S/C14H24N2OS/c1-11-10-18-14(16-11)9-12(15-2)5-3-6-13-7-4-8-17-13/h10,12-13,15H,3-9H2,1-2H3. The van der Waals surface area contributed by atoms with E-state index in [2.05, 4.69) is 29.7 Å². The zero-order chi connectivity index (χ0) is 12.8. The van der Waals surface area contributed by atoms with Gasteiger partial charge < -0.3 is 10.1 Å². The molecule has 1 N–H and O–H groups in total. The molecule has 1 aromatic heterocycles. The van der Waals surface area contributed by atoms with Crippen molar-refractivity contribution in [2.24, 2.45) is 0 Å². The van der Waals surface area contributed by atoms with Gasteiger partial charge in [0.05, 0.1) is 11.1 Å². The van der Waals surface area contributed by atoms with Crippen LogP contribution in [-0.2, 0) is 11.2 Å². The van der Waals surface area contributed by atoms with Gasteiger partial charge in [0.2, 0.25) is 0 Å². The normalized spacial score (nSPS) is 21.3. The molecule has 2 rings (SSSR count). The molecule has 1 aliphatic rings. The van der Waals surface area contributed by atoms with Crippen LogP contribution in [-0.4, -0.2) is 30.8 Å². The highest BCUT2D eigenvalue weighted by molar-refractivity contribution is 7.09. The molecule has 18 heavy (non-hydrogen) atoms. The Kier molecular flexibility index (Phi) is 5.60. The van der Waals surface area contributed by atoms with E-state index in [1.807, 2.05) is 0 Å². The Bertz CT molecular complexity index is 347. The number of aryl methyl sites for hydroxylation is 1. The number of hydrogen-bond acceptors (Lipinski definition) is 4. The fourth-order valence-corrected chi connectivity index (χ4v) is 3.37. The number of hydrogen-bond donors (Lipinski definition) is 1. The summed E-state index contributed by atoms with van der Waals surface area (Å²) < 4.78 is 5.66. The van der Waals surface area contributed by atoms with Crippen molar-refractivity contribution < 1.29 is 4.74 Å². The van der Waals surface area contributed by atoms with Crippen LogP contribution in [0, 0.1) is 6.92 Å². The zero-order valence-electron chi connectivity index (χ0n) is 11.4. The second-order valence-corrected chi connectivity index (χ2v) is 6.08. The average Bonchev–Trinajstić information content (AvgIpc) is 3.00. The van der Waals surface area contributed by atoms with E-state index in [0.717, 1.165) is 18.7 Å². The van der Waals surface area contributed by atoms with E-state index in [1.165, 1.54) is 37.1 Å². The quantitative estimate of drug-likeness (QED) is 0.825. The lowest BCUT2D eigenvalue weighted by Crippen LogP contribution is -2.27. The molecule has 0 aliphatic carbocycles. The van der Waals surface area contributed by atoms with Crippen LogP contribution in [0.1, 0.15) is 42.8 Å². The van der Waals surface area contributed by atoms with E-state index in [-0.39, 0.29) is 0 Å². The lowest BCUT2D eigenvalue weighted by molar-refractivity contribution is 0.101. The van der Waals surface area contributed by atoms with Crippen LogP contribution in [0.5, 0.6) is 0 Å². The molecule has 1 aliphatic heterocycles. The van der Waals surface area contributed by atoms with Gasteiger partial charge in [0.25, 0.3) is 0 Å². The molecule has 2 heterocycles. The average molecular weight is 268 g/mol. The van der Waals surface area contributed by atoms with Crippen LogP contribution in [0.25, 0.3) is 0 Å². The summed E-state index contributed by atoms with van der Waals surface area (Å²) in [5.74, 6) is 0. The van der Waals surface area contributed by atoms with Gasteiger partial charge in [-0.15, -0.1) is 11.3 Å². The van der Waals surface area contributed by atoms with E-state index in [1.54, 1.807) is 11.3 Å². The first-order chi connectivity index (χ1) is 8.78. The third-order valence-electron chi connectivity index (χ3n) is 3.60. The van der Waals surface area contributed by atoms with Gasteiger partial charge in [-0.2, -0.15) is 0 Å². The molecule has 2 atom stereocenters. The van der Waals surface area contributed by atoms with Gasteiger partial charge in [-0.05, 0) is 46.1 Å². The largest absolute Gasteiger partial charge is 0.378 e. The van der Waals surface area contributed by atoms with Crippen molar-refractivity contribution in [3.63, 3.8) is 0 Å². The molecule has 1 saturated heterocycles. The van der Waals surface area contributed by atoms with Gasteiger partial charge in [-0.1, -0.05) is 0 Å². The Hall–Kier alpha value is -0.450. The number of aromatic nitrogens is 1. The maximum absolute atomic E-state index is 5.66. The predicted octanol–water partition coefficient (Wildman–Crippen LogP) is 2.93. The minimum Gasteiger partial charge on any atom is -0.378 e. The van der Waals surface area contributed by atoms with Crippen molar-refractivity contribution in [3.8, 4) is 0 Å². The molecule has 1 fully saturated rings. The fraction of sp³-hybridized carbons (Fsp3) is 0.786. The summed E-state index contributed by atoms with van der Waals surface area (Å²) in [7, 11) is 2.05. The predicted molar refractivity (Wildman–Crippen MR) is 76.2 cm³/mol. The number of likely N-dealkylation sites (N-methyl/N-ethyl adjacent to an activating group) is 1. The Morgan fingerprint density at radius 3 is 3.11 bits per heavy atom. The van der Waals surface area contributed by atoms with Crippen molar-refractivity contribution in [1.82, 2.24) is 10.3 Å². The molecule has 0 spiro atoms. The van der Waals surface area contributed by atoms with Gasteiger partial charge in [0.1, 0.15) is 0 Å². The summed E-state index contributed by atoms with van der Waals surface area (Å²) in [4.78, 5) is 4.54. The first-order valence-electron chi connectivity index (χ1n) is 6.98. The Balaban J connectivity index is 1.68. The highest BCUT2D eigenvalue weighted by Crippen LogP contribution is 2.19. The molecule has 0 saturated carbocycles. The Morgan fingerprint density at radius 1 is 1.61 bits per heavy atom.